The number of hydrogen-bond acceptors (Lipinski definition) is 2. The predicted molar refractivity (Wildman–Crippen MR) is 80.0 cm³/mol. The van der Waals surface area contributed by atoms with Gasteiger partial charge in [0.25, 0.3) is 0 Å². The third-order valence-electron chi connectivity index (χ3n) is 4.52. The highest BCUT2D eigenvalue weighted by molar-refractivity contribution is 5.08. The van der Waals surface area contributed by atoms with Gasteiger partial charge >= 0.3 is 0 Å². The van der Waals surface area contributed by atoms with Crippen molar-refractivity contribution in [2.24, 2.45) is 18.4 Å². The Balaban J connectivity index is 2.05. The van der Waals surface area contributed by atoms with Gasteiger partial charge in [-0.05, 0) is 56.0 Å². The van der Waals surface area contributed by atoms with Gasteiger partial charge in [-0.1, -0.05) is 20.8 Å². The van der Waals surface area contributed by atoms with Gasteiger partial charge in [-0.15, -0.1) is 0 Å². The maximum Gasteiger partial charge on any atom is 0.0796 e. The number of nitrogens with one attached hydrogen (secondary N) is 1. The largest absolute Gasteiger partial charge is 0.308 e. The minimum absolute atomic E-state index is 0.442. The Morgan fingerprint density at radius 2 is 2.11 bits per heavy atom. The molecule has 1 aromatic rings. The highest BCUT2D eigenvalue weighted by Gasteiger charge is 2.32. The lowest BCUT2D eigenvalue weighted by Crippen LogP contribution is -2.33. The molecule has 0 bridgehead atoms. The van der Waals surface area contributed by atoms with E-state index in [1.54, 1.807) is 0 Å². The molecule has 1 aromatic heterocycles. The summed E-state index contributed by atoms with van der Waals surface area (Å²) in [5, 5.41) is 8.35. The molecule has 0 aromatic carbocycles. The number of rotatable bonds is 5. The lowest BCUT2D eigenvalue weighted by atomic mass is 9.70. The van der Waals surface area contributed by atoms with Crippen LogP contribution in [0.5, 0.6) is 0 Å². The SMILES string of the molecule is CCCNC(c1ccn(C)n1)C1CCC(C)(C)CC1. The third kappa shape index (κ3) is 3.82. The van der Waals surface area contributed by atoms with Crippen LogP contribution >= 0.6 is 0 Å². The van der Waals surface area contributed by atoms with Crippen LogP contribution in [0.1, 0.15) is 64.6 Å². The van der Waals surface area contributed by atoms with Crippen LogP contribution in [0.2, 0.25) is 0 Å². The lowest BCUT2D eigenvalue weighted by Gasteiger charge is -2.37. The van der Waals surface area contributed by atoms with Crippen LogP contribution in [0.15, 0.2) is 12.3 Å². The molecule has 0 saturated heterocycles. The smallest absolute Gasteiger partial charge is 0.0796 e. The van der Waals surface area contributed by atoms with Crippen LogP contribution in [-0.4, -0.2) is 16.3 Å². The lowest BCUT2D eigenvalue weighted by molar-refractivity contribution is 0.159. The first-order chi connectivity index (χ1) is 9.02. The van der Waals surface area contributed by atoms with Gasteiger partial charge in [0.1, 0.15) is 0 Å². The van der Waals surface area contributed by atoms with Gasteiger partial charge in [-0.25, -0.2) is 0 Å². The van der Waals surface area contributed by atoms with Crippen molar-refractivity contribution in [1.82, 2.24) is 15.1 Å². The first kappa shape index (κ1) is 14.6. The molecule has 108 valence electrons. The molecule has 19 heavy (non-hydrogen) atoms. The van der Waals surface area contributed by atoms with Gasteiger partial charge in [0.15, 0.2) is 0 Å². The van der Waals surface area contributed by atoms with Gasteiger partial charge in [-0.2, -0.15) is 5.10 Å². The molecule has 1 fully saturated rings. The summed E-state index contributed by atoms with van der Waals surface area (Å²) in [7, 11) is 2.00. The maximum absolute atomic E-state index is 4.63. The molecule has 1 atom stereocenters. The van der Waals surface area contributed by atoms with E-state index in [9.17, 15) is 0 Å². The zero-order chi connectivity index (χ0) is 13.9. The Morgan fingerprint density at radius 3 is 2.63 bits per heavy atom. The van der Waals surface area contributed by atoms with Crippen molar-refractivity contribution in [3.05, 3.63) is 18.0 Å². The summed E-state index contributed by atoms with van der Waals surface area (Å²) in [5.74, 6) is 0.745. The maximum atomic E-state index is 4.63. The molecule has 1 aliphatic carbocycles. The fourth-order valence-corrected chi connectivity index (χ4v) is 3.17. The van der Waals surface area contributed by atoms with Gasteiger partial charge in [0.2, 0.25) is 0 Å². The summed E-state index contributed by atoms with van der Waals surface area (Å²) >= 11 is 0. The second kappa shape index (κ2) is 6.08. The topological polar surface area (TPSA) is 29.9 Å². The summed E-state index contributed by atoms with van der Waals surface area (Å²) in [4.78, 5) is 0. The van der Waals surface area contributed by atoms with Gasteiger partial charge in [-0.3, -0.25) is 4.68 Å². The highest BCUT2D eigenvalue weighted by atomic mass is 15.3. The van der Waals surface area contributed by atoms with Gasteiger partial charge in [0.05, 0.1) is 11.7 Å². The molecular formula is C16H29N3. The molecule has 2 rings (SSSR count). The Hall–Kier alpha value is -0.830. The van der Waals surface area contributed by atoms with E-state index in [0.717, 1.165) is 12.5 Å². The summed E-state index contributed by atoms with van der Waals surface area (Å²) in [5.41, 5.74) is 1.76. The molecule has 1 aliphatic rings. The van der Waals surface area contributed by atoms with E-state index in [4.69, 9.17) is 0 Å². The normalized spacial score (nSPS) is 21.5. The molecule has 1 unspecified atom stereocenters. The van der Waals surface area contributed by atoms with Gasteiger partial charge in [0, 0.05) is 13.2 Å². The first-order valence-corrected chi connectivity index (χ1v) is 7.75. The summed E-state index contributed by atoms with van der Waals surface area (Å²) in [6.07, 6.45) is 8.57. The van der Waals surface area contributed by atoms with Crippen LogP contribution in [0.3, 0.4) is 0 Å². The van der Waals surface area contributed by atoms with E-state index in [1.807, 2.05) is 11.7 Å². The highest BCUT2D eigenvalue weighted by Crippen LogP contribution is 2.42. The van der Waals surface area contributed by atoms with E-state index >= 15 is 0 Å². The zero-order valence-electron chi connectivity index (χ0n) is 12.9. The fourth-order valence-electron chi connectivity index (χ4n) is 3.17. The Bertz CT molecular complexity index is 384. The number of aryl methyl sites for hydroxylation is 1. The van der Waals surface area contributed by atoms with E-state index in [-0.39, 0.29) is 0 Å². The molecule has 1 saturated carbocycles. The van der Waals surface area contributed by atoms with E-state index in [1.165, 1.54) is 37.8 Å². The quantitative estimate of drug-likeness (QED) is 0.878. The average Bonchev–Trinajstić information content (AvgIpc) is 2.78. The molecular weight excluding hydrogens is 234 g/mol. The first-order valence-electron chi connectivity index (χ1n) is 7.75. The van der Waals surface area contributed by atoms with Crippen molar-refractivity contribution in [3.8, 4) is 0 Å². The van der Waals surface area contributed by atoms with E-state index in [2.05, 4.69) is 43.4 Å². The third-order valence-corrected chi connectivity index (χ3v) is 4.52. The number of hydrogen-bond donors (Lipinski definition) is 1. The van der Waals surface area contributed by atoms with Crippen molar-refractivity contribution in [1.29, 1.82) is 0 Å². The molecule has 0 aliphatic heterocycles. The molecule has 0 radical (unpaired) electrons. The van der Waals surface area contributed by atoms with Crippen molar-refractivity contribution < 1.29 is 0 Å². The van der Waals surface area contributed by atoms with Crippen LogP contribution in [-0.2, 0) is 7.05 Å². The Kier molecular flexibility index (Phi) is 4.67. The summed E-state index contributed by atoms with van der Waals surface area (Å²) in [6.45, 7) is 8.12. The average molecular weight is 263 g/mol. The molecule has 1 N–H and O–H groups in total. The van der Waals surface area contributed by atoms with Crippen molar-refractivity contribution in [2.75, 3.05) is 6.54 Å². The van der Waals surface area contributed by atoms with Gasteiger partial charge < -0.3 is 5.32 Å². The molecule has 0 amide bonds. The minimum atomic E-state index is 0.442. The second-order valence-electron chi connectivity index (χ2n) is 6.85. The van der Waals surface area contributed by atoms with Crippen LogP contribution in [0.25, 0.3) is 0 Å². The molecule has 3 nitrogen and oxygen atoms in total. The molecule has 1 heterocycles. The van der Waals surface area contributed by atoms with Crippen LogP contribution in [0, 0.1) is 11.3 Å². The second-order valence-corrected chi connectivity index (χ2v) is 6.85. The van der Waals surface area contributed by atoms with Crippen molar-refractivity contribution >= 4 is 0 Å². The van der Waals surface area contributed by atoms with E-state index in [0.29, 0.717) is 11.5 Å². The summed E-state index contributed by atoms with van der Waals surface area (Å²) in [6, 6.07) is 2.62. The Morgan fingerprint density at radius 1 is 1.42 bits per heavy atom. The number of aromatic nitrogens is 2. The monoisotopic (exact) mass is 263 g/mol. The van der Waals surface area contributed by atoms with Crippen LogP contribution in [0.4, 0.5) is 0 Å². The molecule has 3 heteroatoms. The minimum Gasteiger partial charge on any atom is -0.308 e. The summed E-state index contributed by atoms with van der Waals surface area (Å²) < 4.78 is 1.92. The van der Waals surface area contributed by atoms with Crippen molar-refractivity contribution in [2.45, 2.75) is 58.9 Å². The van der Waals surface area contributed by atoms with E-state index < -0.39 is 0 Å². The number of nitrogens with zero attached hydrogens (tertiary/aromatic N) is 2. The fraction of sp³-hybridized carbons (Fsp3) is 0.812. The molecule has 0 spiro atoms. The Labute approximate surface area is 117 Å². The standard InChI is InChI=1S/C16H29N3/c1-5-11-17-15(14-8-12-19(4)18-14)13-6-9-16(2,3)10-7-13/h8,12-13,15,17H,5-7,9-11H2,1-4H3. The zero-order valence-corrected chi connectivity index (χ0v) is 12.9. The predicted octanol–water partition coefficient (Wildman–Crippen LogP) is 3.68. The van der Waals surface area contributed by atoms with Crippen LogP contribution < -0.4 is 5.32 Å². The van der Waals surface area contributed by atoms with Crippen molar-refractivity contribution in [3.63, 3.8) is 0 Å².